The van der Waals surface area contributed by atoms with Crippen LogP contribution in [0, 0.1) is 0 Å². The molecular weight excluding hydrogens is 212 g/mol. The van der Waals surface area contributed by atoms with Gasteiger partial charge in [-0.05, 0) is 31.7 Å². The van der Waals surface area contributed by atoms with Crippen molar-refractivity contribution in [3.63, 3.8) is 0 Å². The second kappa shape index (κ2) is 7.16. The molecule has 15 heavy (non-hydrogen) atoms. The summed E-state index contributed by atoms with van der Waals surface area (Å²) in [6.07, 6.45) is 0. The summed E-state index contributed by atoms with van der Waals surface area (Å²) in [4.78, 5) is 6.97. The highest BCUT2D eigenvalue weighted by atomic mass is 28.1. The second-order valence-corrected chi connectivity index (χ2v) is 2.48. The summed E-state index contributed by atoms with van der Waals surface area (Å²) < 4.78 is 15.8. The van der Waals surface area contributed by atoms with E-state index in [0.717, 1.165) is 0 Å². The van der Waals surface area contributed by atoms with Gasteiger partial charge in [-0.3, -0.25) is 4.98 Å². The quantitative estimate of drug-likeness (QED) is 0.710. The van der Waals surface area contributed by atoms with Gasteiger partial charge in [-0.1, -0.05) is 0 Å². The topological polar surface area (TPSA) is 56.4 Å². The molecule has 0 amide bonds. The Hall–Kier alpha value is -1.17. The van der Waals surface area contributed by atoms with E-state index >= 15 is 0 Å². The predicted molar refractivity (Wildman–Crippen MR) is 63.4 cm³/mol. The number of aromatic nitrogens is 2. The van der Waals surface area contributed by atoms with Gasteiger partial charge < -0.3 is 14.2 Å². The van der Waals surface area contributed by atoms with Crippen LogP contribution >= 0.6 is 0 Å². The number of imidazole rings is 1. The van der Waals surface area contributed by atoms with Crippen molar-refractivity contribution < 1.29 is 14.2 Å². The Balaban J connectivity index is 0.00000196. The van der Waals surface area contributed by atoms with Gasteiger partial charge in [0.05, 0.1) is 19.8 Å². The Morgan fingerprint density at radius 2 is 1.60 bits per heavy atom. The molecule has 0 saturated carbocycles. The van der Waals surface area contributed by atoms with Crippen molar-refractivity contribution in [1.29, 1.82) is 0 Å². The molecule has 0 atom stereocenters. The third-order valence-corrected chi connectivity index (χ3v) is 1.47. The Kier molecular flexibility index (Phi) is 6.60. The summed E-state index contributed by atoms with van der Waals surface area (Å²) in [6.45, 7) is 7.36. The van der Waals surface area contributed by atoms with Crippen LogP contribution in [-0.2, 0) is 0 Å². The maximum Gasteiger partial charge on any atom is 0.299 e. The summed E-state index contributed by atoms with van der Waals surface area (Å²) in [5, 5.41) is 0. The summed E-state index contributed by atoms with van der Waals surface area (Å²) in [5.74, 6) is 0.982. The molecular formula is C9H20N2O3Si. The van der Waals surface area contributed by atoms with E-state index in [1.54, 1.807) is 0 Å². The highest BCUT2D eigenvalue weighted by Crippen LogP contribution is 2.26. The molecule has 0 bridgehead atoms. The summed E-state index contributed by atoms with van der Waals surface area (Å²) >= 11 is 0. The largest absolute Gasteiger partial charge is 0.475 e. The SMILES string of the molecule is CCOc1nc(OCC)c(OCC)[nH]1.[SiH4]. The van der Waals surface area contributed by atoms with Crippen molar-refractivity contribution >= 4 is 11.0 Å². The van der Waals surface area contributed by atoms with E-state index in [1.807, 2.05) is 20.8 Å². The molecule has 1 heterocycles. The average molecular weight is 232 g/mol. The minimum atomic E-state index is 0. The normalized spacial score (nSPS) is 9.27. The molecule has 1 rings (SSSR count). The number of hydrogen-bond donors (Lipinski definition) is 1. The first-order chi connectivity index (χ1) is 6.81. The van der Waals surface area contributed by atoms with Crippen LogP contribution < -0.4 is 14.2 Å². The van der Waals surface area contributed by atoms with Crippen LogP contribution in [0.25, 0.3) is 0 Å². The molecule has 0 aliphatic carbocycles. The van der Waals surface area contributed by atoms with Gasteiger partial charge >= 0.3 is 0 Å². The Morgan fingerprint density at radius 3 is 2.13 bits per heavy atom. The summed E-state index contributed by atoms with van der Waals surface area (Å²) in [7, 11) is 0. The Bertz CT molecular complexity index is 255. The van der Waals surface area contributed by atoms with Crippen molar-refractivity contribution in [2.24, 2.45) is 0 Å². The van der Waals surface area contributed by atoms with Crippen molar-refractivity contribution in [3.8, 4) is 17.8 Å². The first kappa shape index (κ1) is 13.8. The molecule has 0 fully saturated rings. The molecule has 0 saturated heterocycles. The van der Waals surface area contributed by atoms with Gasteiger partial charge in [-0.2, -0.15) is 4.98 Å². The lowest BCUT2D eigenvalue weighted by molar-refractivity contribution is 0.276. The van der Waals surface area contributed by atoms with Crippen LogP contribution in [0.15, 0.2) is 0 Å². The molecule has 0 aliphatic heterocycles. The fourth-order valence-corrected chi connectivity index (χ4v) is 1.00. The molecule has 1 aromatic heterocycles. The third-order valence-electron chi connectivity index (χ3n) is 1.47. The predicted octanol–water partition coefficient (Wildman–Crippen LogP) is 0.154. The smallest absolute Gasteiger partial charge is 0.299 e. The standard InChI is InChI=1S/C9H16N2O3.H4Si/c1-4-12-7-8(13-5-2)11-9(10-7)14-6-3;/h4-6H2,1-3H3,(H,10,11);1H4. The molecule has 0 aromatic carbocycles. The van der Waals surface area contributed by atoms with Gasteiger partial charge in [0.2, 0.25) is 0 Å². The van der Waals surface area contributed by atoms with Crippen molar-refractivity contribution in [2.75, 3.05) is 19.8 Å². The number of rotatable bonds is 6. The first-order valence-corrected chi connectivity index (χ1v) is 4.80. The Labute approximate surface area is 94.2 Å². The maximum atomic E-state index is 5.29. The van der Waals surface area contributed by atoms with Crippen molar-refractivity contribution in [2.45, 2.75) is 20.8 Å². The van der Waals surface area contributed by atoms with E-state index in [2.05, 4.69) is 9.97 Å². The highest BCUT2D eigenvalue weighted by molar-refractivity contribution is 5.75. The lowest BCUT2D eigenvalue weighted by Gasteiger charge is -2.01. The number of H-pyrrole nitrogens is 1. The van der Waals surface area contributed by atoms with E-state index in [0.29, 0.717) is 37.6 Å². The van der Waals surface area contributed by atoms with E-state index in [1.165, 1.54) is 0 Å². The number of nitrogens with one attached hydrogen (secondary N) is 1. The van der Waals surface area contributed by atoms with Crippen LogP contribution in [0.3, 0.4) is 0 Å². The van der Waals surface area contributed by atoms with Crippen molar-refractivity contribution in [3.05, 3.63) is 0 Å². The molecule has 6 heteroatoms. The van der Waals surface area contributed by atoms with Gasteiger partial charge in [-0.15, -0.1) is 0 Å². The first-order valence-electron chi connectivity index (χ1n) is 4.80. The van der Waals surface area contributed by atoms with Crippen LogP contribution in [0.1, 0.15) is 20.8 Å². The molecule has 88 valence electrons. The molecule has 5 nitrogen and oxygen atoms in total. The molecule has 1 N–H and O–H groups in total. The van der Waals surface area contributed by atoms with Crippen LogP contribution in [0.2, 0.25) is 0 Å². The number of aromatic amines is 1. The molecule has 1 aromatic rings. The molecule has 0 aliphatic rings. The summed E-state index contributed by atoms with van der Waals surface area (Å²) in [6, 6.07) is 0.430. The number of ether oxygens (including phenoxy) is 3. The van der Waals surface area contributed by atoms with Gasteiger partial charge in [0.15, 0.2) is 0 Å². The fraction of sp³-hybridized carbons (Fsp3) is 0.667. The van der Waals surface area contributed by atoms with Gasteiger partial charge in [0.1, 0.15) is 0 Å². The lowest BCUT2D eigenvalue weighted by atomic mass is 10.7. The zero-order valence-corrected chi connectivity index (χ0v) is 8.79. The fourth-order valence-electron chi connectivity index (χ4n) is 1.00. The maximum absolute atomic E-state index is 5.29. The van der Waals surface area contributed by atoms with Crippen molar-refractivity contribution in [1.82, 2.24) is 9.97 Å². The molecule has 0 unspecified atom stereocenters. The number of hydrogen-bond acceptors (Lipinski definition) is 4. The minimum Gasteiger partial charge on any atom is -0.475 e. The van der Waals surface area contributed by atoms with Gasteiger partial charge in [0, 0.05) is 0 Å². The van der Waals surface area contributed by atoms with E-state index in [4.69, 9.17) is 14.2 Å². The van der Waals surface area contributed by atoms with Gasteiger partial charge in [0.25, 0.3) is 17.8 Å². The Morgan fingerprint density at radius 1 is 1.00 bits per heavy atom. The van der Waals surface area contributed by atoms with Gasteiger partial charge in [-0.25, -0.2) is 0 Å². The van der Waals surface area contributed by atoms with E-state index in [-0.39, 0.29) is 11.0 Å². The van der Waals surface area contributed by atoms with Crippen LogP contribution in [-0.4, -0.2) is 40.8 Å². The lowest BCUT2D eigenvalue weighted by Crippen LogP contribution is -1.97. The number of nitrogens with zero attached hydrogens (tertiary/aromatic N) is 1. The molecule has 0 radical (unpaired) electrons. The van der Waals surface area contributed by atoms with Crippen LogP contribution in [0.5, 0.6) is 17.8 Å². The average Bonchev–Trinajstić information content (AvgIpc) is 2.50. The zero-order chi connectivity index (χ0) is 10.4. The minimum absolute atomic E-state index is 0. The zero-order valence-electron chi connectivity index (χ0n) is 8.79. The monoisotopic (exact) mass is 232 g/mol. The second-order valence-electron chi connectivity index (χ2n) is 2.48. The summed E-state index contributed by atoms with van der Waals surface area (Å²) in [5.41, 5.74) is 0. The third kappa shape index (κ3) is 3.82. The van der Waals surface area contributed by atoms with Crippen LogP contribution in [0.4, 0.5) is 0 Å². The highest BCUT2D eigenvalue weighted by Gasteiger charge is 2.12. The molecule has 0 spiro atoms. The van der Waals surface area contributed by atoms with E-state index < -0.39 is 0 Å². The van der Waals surface area contributed by atoms with E-state index in [9.17, 15) is 0 Å².